The Bertz CT molecular complexity index is 1190. The van der Waals surface area contributed by atoms with Crippen LogP contribution in [0.5, 0.6) is 0 Å². The molecule has 0 saturated heterocycles. The standard InChI is InChI=1S/C26H24B2N6/c1-19(31-21-11-3-5-13-23(21)33(27-31)25-15-7-9-17-29-25)20(2)32-22-12-4-6-14-24(22)34(28-32)26-16-8-10-18-30-26/h3-20H,1-2H3. The maximum atomic E-state index is 4.59. The third kappa shape index (κ3) is 3.37. The van der Waals surface area contributed by atoms with E-state index < -0.39 is 0 Å². The van der Waals surface area contributed by atoms with Gasteiger partial charge in [0, 0.05) is 35.9 Å². The minimum atomic E-state index is 0.183. The van der Waals surface area contributed by atoms with Crippen molar-refractivity contribution in [1.29, 1.82) is 0 Å². The van der Waals surface area contributed by atoms with Crippen molar-refractivity contribution < 1.29 is 0 Å². The molecular formula is C26H24B2N6. The van der Waals surface area contributed by atoms with Crippen LogP contribution < -0.4 is 19.2 Å². The fourth-order valence-corrected chi connectivity index (χ4v) is 4.74. The minimum Gasteiger partial charge on any atom is -0.392 e. The summed E-state index contributed by atoms with van der Waals surface area (Å²) in [5, 5.41) is 0. The number of para-hydroxylation sites is 4. The Balaban J connectivity index is 1.31. The molecule has 2 radical (unpaired) electrons. The van der Waals surface area contributed by atoms with Crippen molar-refractivity contribution in [2.24, 2.45) is 0 Å². The van der Waals surface area contributed by atoms with Crippen molar-refractivity contribution >= 4 is 49.5 Å². The molecule has 4 aromatic rings. The summed E-state index contributed by atoms with van der Waals surface area (Å²) >= 11 is 0. The number of anilines is 6. The lowest BCUT2D eigenvalue weighted by Crippen LogP contribution is -2.52. The molecule has 2 aliphatic heterocycles. The Morgan fingerprint density at radius 1 is 0.529 bits per heavy atom. The molecule has 0 fully saturated rings. The highest BCUT2D eigenvalue weighted by atomic mass is 15.3. The lowest BCUT2D eigenvalue weighted by molar-refractivity contribution is 0.607. The molecule has 0 aliphatic carbocycles. The van der Waals surface area contributed by atoms with E-state index in [0.717, 1.165) is 23.0 Å². The number of pyridine rings is 2. The summed E-state index contributed by atoms with van der Waals surface area (Å²) < 4.78 is 0. The number of rotatable bonds is 5. The predicted octanol–water partition coefficient (Wildman–Crippen LogP) is 4.94. The number of aromatic nitrogens is 2. The second kappa shape index (κ2) is 8.45. The number of fused-ring (bicyclic) bond motifs is 2. The van der Waals surface area contributed by atoms with Crippen LogP contribution in [-0.4, -0.2) is 37.2 Å². The summed E-state index contributed by atoms with van der Waals surface area (Å²) in [4.78, 5) is 18.2. The largest absolute Gasteiger partial charge is 0.398 e. The maximum absolute atomic E-state index is 4.59. The van der Waals surface area contributed by atoms with Gasteiger partial charge in [0.2, 0.25) is 0 Å². The lowest BCUT2D eigenvalue weighted by atomic mass is 9.95. The third-order valence-electron chi connectivity index (χ3n) is 6.69. The molecule has 4 heterocycles. The highest BCUT2D eigenvalue weighted by Crippen LogP contribution is 2.43. The lowest BCUT2D eigenvalue weighted by Gasteiger charge is -2.37. The molecule has 34 heavy (non-hydrogen) atoms. The molecule has 6 rings (SSSR count). The van der Waals surface area contributed by atoms with Gasteiger partial charge in [-0.2, -0.15) is 0 Å². The zero-order valence-electron chi connectivity index (χ0n) is 19.2. The van der Waals surface area contributed by atoms with Crippen molar-refractivity contribution in [3.05, 3.63) is 97.3 Å². The van der Waals surface area contributed by atoms with Gasteiger partial charge in [-0.3, -0.25) is 0 Å². The van der Waals surface area contributed by atoms with Crippen LogP contribution >= 0.6 is 0 Å². The highest BCUT2D eigenvalue weighted by molar-refractivity contribution is 6.54. The van der Waals surface area contributed by atoms with Crippen LogP contribution in [0.3, 0.4) is 0 Å². The van der Waals surface area contributed by atoms with Gasteiger partial charge in [0.1, 0.15) is 11.6 Å². The Morgan fingerprint density at radius 2 is 0.912 bits per heavy atom. The second-order valence-electron chi connectivity index (χ2n) is 8.62. The number of nitrogens with zero attached hydrogens (tertiary/aromatic N) is 6. The first kappa shape index (κ1) is 20.7. The van der Waals surface area contributed by atoms with Gasteiger partial charge in [0.15, 0.2) is 0 Å². The molecule has 2 atom stereocenters. The maximum Gasteiger partial charge on any atom is 0.398 e. The topological polar surface area (TPSA) is 38.7 Å². The summed E-state index contributed by atoms with van der Waals surface area (Å²) in [6.45, 7) is 4.56. The monoisotopic (exact) mass is 442 g/mol. The van der Waals surface area contributed by atoms with E-state index in [1.807, 2.05) is 48.8 Å². The Morgan fingerprint density at radius 3 is 1.29 bits per heavy atom. The highest BCUT2D eigenvalue weighted by Gasteiger charge is 2.39. The molecule has 2 unspecified atom stereocenters. The average Bonchev–Trinajstić information content (AvgIpc) is 3.48. The molecule has 0 amide bonds. The molecule has 0 saturated carbocycles. The Kier molecular flexibility index (Phi) is 5.13. The van der Waals surface area contributed by atoms with E-state index in [4.69, 9.17) is 0 Å². The number of benzene rings is 2. The molecule has 0 N–H and O–H groups in total. The van der Waals surface area contributed by atoms with Crippen LogP contribution in [0.2, 0.25) is 0 Å². The van der Waals surface area contributed by atoms with Crippen molar-refractivity contribution in [3.63, 3.8) is 0 Å². The average molecular weight is 442 g/mol. The SMILES string of the molecule is CC(C(C)N1[B]N(c2ccccn2)c2ccccc21)N1[B]N(c2ccccn2)c2ccccc21. The van der Waals surface area contributed by atoms with E-state index in [1.54, 1.807) is 0 Å². The Hall–Kier alpha value is -3.93. The molecule has 2 aromatic carbocycles. The first-order valence-corrected chi connectivity index (χ1v) is 11.6. The first-order chi connectivity index (χ1) is 16.7. The molecule has 0 spiro atoms. The number of hydrogen-bond acceptors (Lipinski definition) is 6. The zero-order valence-corrected chi connectivity index (χ0v) is 19.2. The summed E-state index contributed by atoms with van der Waals surface area (Å²) in [6.07, 6.45) is 3.67. The molecule has 2 aliphatic rings. The van der Waals surface area contributed by atoms with E-state index in [1.165, 1.54) is 11.4 Å². The summed E-state index contributed by atoms with van der Waals surface area (Å²) in [6, 6.07) is 29.4. The van der Waals surface area contributed by atoms with Gasteiger partial charge in [-0.15, -0.1) is 0 Å². The van der Waals surface area contributed by atoms with Gasteiger partial charge in [-0.05, 0) is 62.4 Å². The minimum absolute atomic E-state index is 0.183. The van der Waals surface area contributed by atoms with Crippen LogP contribution in [0.4, 0.5) is 34.4 Å². The van der Waals surface area contributed by atoms with Crippen LogP contribution in [-0.2, 0) is 0 Å². The van der Waals surface area contributed by atoms with E-state index in [2.05, 4.69) is 107 Å². The summed E-state index contributed by atoms with van der Waals surface area (Å²) in [7, 11) is 4.35. The molecule has 2 aromatic heterocycles. The van der Waals surface area contributed by atoms with Crippen molar-refractivity contribution in [3.8, 4) is 0 Å². The van der Waals surface area contributed by atoms with E-state index in [9.17, 15) is 0 Å². The smallest absolute Gasteiger partial charge is 0.392 e. The van der Waals surface area contributed by atoms with Crippen LogP contribution in [0.1, 0.15) is 13.8 Å². The quantitative estimate of drug-likeness (QED) is 0.408. The fraction of sp³-hybridized carbons (Fsp3) is 0.154. The van der Waals surface area contributed by atoms with Crippen LogP contribution in [0, 0.1) is 0 Å². The van der Waals surface area contributed by atoms with Gasteiger partial charge in [0.25, 0.3) is 0 Å². The number of hydrogen-bond donors (Lipinski definition) is 0. The molecule has 164 valence electrons. The summed E-state index contributed by atoms with van der Waals surface area (Å²) in [5.41, 5.74) is 4.64. The first-order valence-electron chi connectivity index (χ1n) is 11.6. The van der Waals surface area contributed by atoms with Crippen LogP contribution in [0.25, 0.3) is 0 Å². The molecule has 6 nitrogen and oxygen atoms in total. The van der Waals surface area contributed by atoms with Crippen molar-refractivity contribution in [2.45, 2.75) is 25.9 Å². The van der Waals surface area contributed by atoms with E-state index >= 15 is 0 Å². The summed E-state index contributed by atoms with van der Waals surface area (Å²) in [5.74, 6) is 1.83. The van der Waals surface area contributed by atoms with Crippen molar-refractivity contribution in [1.82, 2.24) is 9.97 Å². The fourth-order valence-electron chi connectivity index (χ4n) is 4.74. The van der Waals surface area contributed by atoms with Crippen molar-refractivity contribution in [2.75, 3.05) is 19.2 Å². The predicted molar refractivity (Wildman–Crippen MR) is 141 cm³/mol. The van der Waals surface area contributed by atoms with Gasteiger partial charge in [-0.25, -0.2) is 9.97 Å². The van der Waals surface area contributed by atoms with Crippen LogP contribution in [0.15, 0.2) is 97.3 Å². The van der Waals surface area contributed by atoms with Gasteiger partial charge in [0.05, 0.1) is 11.4 Å². The normalized spacial score (nSPS) is 15.9. The Labute approximate surface area is 202 Å². The molecule has 8 heteroatoms. The van der Waals surface area contributed by atoms with Gasteiger partial charge in [-0.1, -0.05) is 36.4 Å². The van der Waals surface area contributed by atoms with Gasteiger partial charge < -0.3 is 19.2 Å². The molecular weight excluding hydrogens is 418 g/mol. The zero-order chi connectivity index (χ0) is 23.1. The third-order valence-corrected chi connectivity index (χ3v) is 6.69. The van der Waals surface area contributed by atoms with E-state index in [0.29, 0.717) is 0 Å². The van der Waals surface area contributed by atoms with E-state index in [-0.39, 0.29) is 12.1 Å². The van der Waals surface area contributed by atoms with Gasteiger partial charge >= 0.3 is 15.1 Å². The molecule has 0 bridgehead atoms. The second-order valence-corrected chi connectivity index (χ2v) is 8.62.